The van der Waals surface area contributed by atoms with Crippen molar-refractivity contribution in [2.75, 3.05) is 13.7 Å². The number of H-pyrrole nitrogens is 1. The van der Waals surface area contributed by atoms with Gasteiger partial charge in [-0.2, -0.15) is 0 Å². The van der Waals surface area contributed by atoms with Crippen molar-refractivity contribution in [2.24, 2.45) is 0 Å². The van der Waals surface area contributed by atoms with Crippen molar-refractivity contribution in [3.63, 3.8) is 0 Å². The topological polar surface area (TPSA) is 54.1 Å². The SMILES string of the molecule is CCC(=O)NCCc1c(Cl)[nH]c2ccc(OC)cc12. The molecule has 0 fully saturated rings. The molecular formula is C14H17ClN2O2. The van der Waals surface area contributed by atoms with E-state index in [1.165, 1.54) is 0 Å². The Labute approximate surface area is 117 Å². The summed E-state index contributed by atoms with van der Waals surface area (Å²) >= 11 is 6.20. The maximum Gasteiger partial charge on any atom is 0.219 e. The Hall–Kier alpha value is -1.68. The minimum Gasteiger partial charge on any atom is -0.497 e. The van der Waals surface area contributed by atoms with Gasteiger partial charge in [0.1, 0.15) is 10.9 Å². The largest absolute Gasteiger partial charge is 0.497 e. The quantitative estimate of drug-likeness (QED) is 0.885. The van der Waals surface area contributed by atoms with Crippen molar-refractivity contribution < 1.29 is 9.53 Å². The highest BCUT2D eigenvalue weighted by atomic mass is 35.5. The number of hydrogen-bond donors (Lipinski definition) is 2. The summed E-state index contributed by atoms with van der Waals surface area (Å²) in [6, 6.07) is 5.78. The molecule has 1 amide bonds. The number of amides is 1. The van der Waals surface area contributed by atoms with Crippen LogP contribution in [-0.4, -0.2) is 24.5 Å². The Morgan fingerprint density at radius 1 is 1.47 bits per heavy atom. The Morgan fingerprint density at radius 3 is 2.95 bits per heavy atom. The van der Waals surface area contributed by atoms with E-state index in [-0.39, 0.29) is 5.91 Å². The zero-order valence-corrected chi connectivity index (χ0v) is 11.8. The summed E-state index contributed by atoms with van der Waals surface area (Å²) in [5, 5.41) is 4.50. The number of benzene rings is 1. The number of halogens is 1. The minimum absolute atomic E-state index is 0.0496. The highest BCUT2D eigenvalue weighted by Gasteiger charge is 2.11. The second kappa shape index (κ2) is 5.97. The second-order valence-electron chi connectivity index (χ2n) is 4.28. The van der Waals surface area contributed by atoms with Gasteiger partial charge in [-0.25, -0.2) is 0 Å². The van der Waals surface area contributed by atoms with Crippen LogP contribution >= 0.6 is 11.6 Å². The van der Waals surface area contributed by atoms with Crippen molar-refractivity contribution in [2.45, 2.75) is 19.8 Å². The summed E-state index contributed by atoms with van der Waals surface area (Å²) in [6.45, 7) is 2.41. The Morgan fingerprint density at radius 2 is 2.26 bits per heavy atom. The second-order valence-corrected chi connectivity index (χ2v) is 4.66. The zero-order chi connectivity index (χ0) is 13.8. The van der Waals surface area contributed by atoms with Crippen LogP contribution in [0.1, 0.15) is 18.9 Å². The molecule has 1 aromatic carbocycles. The molecule has 1 heterocycles. The molecule has 0 bridgehead atoms. The van der Waals surface area contributed by atoms with Crippen LogP contribution in [0.3, 0.4) is 0 Å². The van der Waals surface area contributed by atoms with Gasteiger partial charge in [0, 0.05) is 23.9 Å². The first kappa shape index (κ1) is 13.7. The molecule has 0 unspecified atom stereocenters. The van der Waals surface area contributed by atoms with Gasteiger partial charge in [-0.05, 0) is 30.2 Å². The standard InChI is InChI=1S/C14H17ClN2O2/c1-3-13(18)16-7-6-10-11-8-9(19-2)4-5-12(11)17-14(10)15/h4-5,8,17H,3,6-7H2,1-2H3,(H,16,18). The lowest BCUT2D eigenvalue weighted by atomic mass is 10.1. The molecule has 0 aliphatic rings. The molecule has 0 spiro atoms. The molecule has 19 heavy (non-hydrogen) atoms. The van der Waals surface area contributed by atoms with E-state index in [1.54, 1.807) is 7.11 Å². The lowest BCUT2D eigenvalue weighted by Crippen LogP contribution is -2.24. The van der Waals surface area contributed by atoms with E-state index in [0.717, 1.165) is 22.2 Å². The predicted molar refractivity (Wildman–Crippen MR) is 76.9 cm³/mol. The van der Waals surface area contributed by atoms with Crippen LogP contribution in [0.25, 0.3) is 10.9 Å². The summed E-state index contributed by atoms with van der Waals surface area (Å²) in [5.41, 5.74) is 1.98. The number of ether oxygens (including phenoxy) is 1. The number of carbonyl (C=O) groups is 1. The van der Waals surface area contributed by atoms with Crippen LogP contribution in [0.5, 0.6) is 5.75 Å². The van der Waals surface area contributed by atoms with E-state index in [9.17, 15) is 4.79 Å². The highest BCUT2D eigenvalue weighted by molar-refractivity contribution is 6.31. The molecule has 2 rings (SSSR count). The molecule has 0 radical (unpaired) electrons. The molecule has 0 aliphatic carbocycles. The van der Waals surface area contributed by atoms with E-state index in [4.69, 9.17) is 16.3 Å². The van der Waals surface area contributed by atoms with Crippen molar-refractivity contribution in [1.82, 2.24) is 10.3 Å². The number of aromatic amines is 1. The van der Waals surface area contributed by atoms with E-state index in [1.807, 2.05) is 25.1 Å². The van der Waals surface area contributed by atoms with Gasteiger partial charge >= 0.3 is 0 Å². The molecule has 0 saturated carbocycles. The normalized spacial score (nSPS) is 10.7. The molecule has 0 atom stereocenters. The van der Waals surface area contributed by atoms with Crippen molar-refractivity contribution in [3.8, 4) is 5.75 Å². The van der Waals surface area contributed by atoms with E-state index in [2.05, 4.69) is 10.3 Å². The van der Waals surface area contributed by atoms with Crippen LogP contribution in [0, 0.1) is 0 Å². The monoisotopic (exact) mass is 280 g/mol. The average Bonchev–Trinajstić information content (AvgIpc) is 2.74. The summed E-state index contributed by atoms with van der Waals surface area (Å²) < 4.78 is 5.22. The predicted octanol–water partition coefficient (Wildman–Crippen LogP) is 2.90. The number of methoxy groups -OCH3 is 1. The van der Waals surface area contributed by atoms with Gasteiger partial charge in [-0.15, -0.1) is 0 Å². The Balaban J connectivity index is 2.21. The van der Waals surface area contributed by atoms with Crippen LogP contribution in [0.2, 0.25) is 5.15 Å². The molecule has 2 N–H and O–H groups in total. The van der Waals surface area contributed by atoms with E-state index >= 15 is 0 Å². The lowest BCUT2D eigenvalue weighted by Gasteiger charge is -2.04. The van der Waals surface area contributed by atoms with Crippen molar-refractivity contribution in [3.05, 3.63) is 28.9 Å². The summed E-state index contributed by atoms with van der Waals surface area (Å²) in [4.78, 5) is 14.3. The molecule has 2 aromatic rings. The first-order chi connectivity index (χ1) is 9.15. The molecule has 102 valence electrons. The molecule has 1 aromatic heterocycles. The number of fused-ring (bicyclic) bond motifs is 1. The third-order valence-corrected chi connectivity index (χ3v) is 3.40. The number of rotatable bonds is 5. The number of carbonyl (C=O) groups excluding carboxylic acids is 1. The summed E-state index contributed by atoms with van der Waals surface area (Å²) in [7, 11) is 1.64. The minimum atomic E-state index is 0.0496. The first-order valence-electron chi connectivity index (χ1n) is 6.26. The Kier molecular flexibility index (Phi) is 4.32. The van der Waals surface area contributed by atoms with Gasteiger partial charge < -0.3 is 15.0 Å². The third-order valence-electron chi connectivity index (χ3n) is 3.08. The van der Waals surface area contributed by atoms with Crippen LogP contribution in [-0.2, 0) is 11.2 Å². The number of aromatic nitrogens is 1. The Bertz CT molecular complexity index is 592. The lowest BCUT2D eigenvalue weighted by molar-refractivity contribution is -0.120. The van der Waals surface area contributed by atoms with Gasteiger partial charge in [0.15, 0.2) is 0 Å². The molecule has 0 aliphatic heterocycles. The smallest absolute Gasteiger partial charge is 0.219 e. The summed E-state index contributed by atoms with van der Waals surface area (Å²) in [5.74, 6) is 0.843. The van der Waals surface area contributed by atoms with Crippen LogP contribution < -0.4 is 10.1 Å². The zero-order valence-electron chi connectivity index (χ0n) is 11.0. The molecule has 0 saturated heterocycles. The fourth-order valence-electron chi connectivity index (χ4n) is 2.02. The maximum absolute atomic E-state index is 11.2. The van der Waals surface area contributed by atoms with Gasteiger partial charge in [-0.1, -0.05) is 18.5 Å². The van der Waals surface area contributed by atoms with Crippen LogP contribution in [0.4, 0.5) is 0 Å². The van der Waals surface area contributed by atoms with E-state index < -0.39 is 0 Å². The highest BCUT2D eigenvalue weighted by Crippen LogP contribution is 2.29. The summed E-state index contributed by atoms with van der Waals surface area (Å²) in [6.07, 6.45) is 1.19. The maximum atomic E-state index is 11.2. The average molecular weight is 281 g/mol. The van der Waals surface area contributed by atoms with Crippen LogP contribution in [0.15, 0.2) is 18.2 Å². The van der Waals surface area contributed by atoms with Gasteiger partial charge in [0.25, 0.3) is 0 Å². The van der Waals surface area contributed by atoms with Crippen molar-refractivity contribution in [1.29, 1.82) is 0 Å². The molecule has 5 heteroatoms. The third kappa shape index (κ3) is 3.01. The molecular weight excluding hydrogens is 264 g/mol. The van der Waals surface area contributed by atoms with Gasteiger partial charge in [0.05, 0.1) is 7.11 Å². The number of nitrogens with one attached hydrogen (secondary N) is 2. The number of hydrogen-bond acceptors (Lipinski definition) is 2. The van der Waals surface area contributed by atoms with Gasteiger partial charge in [-0.3, -0.25) is 4.79 Å². The first-order valence-corrected chi connectivity index (χ1v) is 6.64. The molecule has 4 nitrogen and oxygen atoms in total. The van der Waals surface area contributed by atoms with E-state index in [0.29, 0.717) is 24.5 Å². The fourth-order valence-corrected chi connectivity index (χ4v) is 2.32. The van der Waals surface area contributed by atoms with Crippen molar-refractivity contribution >= 4 is 28.4 Å². The fraction of sp³-hybridized carbons (Fsp3) is 0.357. The van der Waals surface area contributed by atoms with Gasteiger partial charge in [0.2, 0.25) is 5.91 Å².